The van der Waals surface area contributed by atoms with Gasteiger partial charge in [-0.05, 0) is 50.3 Å². The average molecular weight is 407 g/mol. The van der Waals surface area contributed by atoms with Crippen molar-refractivity contribution in [3.63, 3.8) is 0 Å². The summed E-state index contributed by atoms with van der Waals surface area (Å²) in [4.78, 5) is 20.8. The van der Waals surface area contributed by atoms with E-state index in [1.165, 1.54) is 10.5 Å². The van der Waals surface area contributed by atoms with Gasteiger partial charge in [-0.2, -0.15) is 0 Å². The van der Waals surface area contributed by atoms with Crippen molar-refractivity contribution >= 4 is 27.1 Å². The fourth-order valence-electron chi connectivity index (χ4n) is 4.00. The number of hydrogen-bond acceptors (Lipinski definition) is 5. The Kier molecular flexibility index (Phi) is 5.05. The number of nitrogens with one attached hydrogen (secondary N) is 1. The number of hydrogen-bond donors (Lipinski definition) is 1. The topological polar surface area (TPSA) is 95.6 Å². The van der Waals surface area contributed by atoms with Crippen molar-refractivity contribution in [2.45, 2.75) is 44.0 Å². The zero-order valence-corrected chi connectivity index (χ0v) is 17.0. The standard InChI is InChI=1S/C19H26N4O4S/c1-13(2)27-19(24)22-11-15(12-22)28(25,26)23-8-5-14(6-9-23)17-10-21-18-16(17)4-3-7-20-18/h3-4,7,10,13-15H,5-6,8-9,11-12H2,1-2H3,(H,20,21). The summed E-state index contributed by atoms with van der Waals surface area (Å²) in [5.74, 6) is 0.323. The van der Waals surface area contributed by atoms with Gasteiger partial charge in [0.2, 0.25) is 10.0 Å². The van der Waals surface area contributed by atoms with Crippen LogP contribution in [0.25, 0.3) is 11.0 Å². The molecule has 1 N–H and O–H groups in total. The molecule has 2 aromatic heterocycles. The number of likely N-dealkylation sites (tertiary alicyclic amines) is 1. The van der Waals surface area contributed by atoms with Gasteiger partial charge in [-0.3, -0.25) is 0 Å². The molecule has 0 aromatic carbocycles. The van der Waals surface area contributed by atoms with Crippen molar-refractivity contribution < 1.29 is 17.9 Å². The quantitative estimate of drug-likeness (QED) is 0.841. The van der Waals surface area contributed by atoms with Crippen LogP contribution in [0, 0.1) is 0 Å². The summed E-state index contributed by atoms with van der Waals surface area (Å²) in [5, 5.41) is 0.586. The van der Waals surface area contributed by atoms with Gasteiger partial charge in [-0.15, -0.1) is 0 Å². The molecule has 4 heterocycles. The second kappa shape index (κ2) is 7.36. The summed E-state index contributed by atoms with van der Waals surface area (Å²) in [6.07, 6.45) is 4.68. The molecule has 8 nitrogen and oxygen atoms in total. The Bertz CT molecular complexity index is 957. The molecule has 28 heavy (non-hydrogen) atoms. The van der Waals surface area contributed by atoms with Crippen molar-refractivity contribution in [1.29, 1.82) is 0 Å². The highest BCUT2D eigenvalue weighted by Crippen LogP contribution is 2.34. The second-order valence-electron chi connectivity index (χ2n) is 7.82. The number of fused-ring (bicyclic) bond motifs is 1. The number of H-pyrrole nitrogens is 1. The molecule has 0 saturated carbocycles. The molecular weight excluding hydrogens is 380 g/mol. The van der Waals surface area contributed by atoms with Crippen LogP contribution in [0.3, 0.4) is 0 Å². The van der Waals surface area contributed by atoms with E-state index in [9.17, 15) is 13.2 Å². The van der Waals surface area contributed by atoms with Gasteiger partial charge in [0.1, 0.15) is 10.9 Å². The Labute approximate surface area is 164 Å². The summed E-state index contributed by atoms with van der Waals surface area (Å²) in [6, 6.07) is 3.97. The van der Waals surface area contributed by atoms with E-state index >= 15 is 0 Å². The number of aromatic nitrogens is 2. The van der Waals surface area contributed by atoms with E-state index in [1.807, 2.05) is 12.3 Å². The van der Waals surface area contributed by atoms with Crippen molar-refractivity contribution in [2.24, 2.45) is 0 Å². The Morgan fingerprint density at radius 1 is 1.29 bits per heavy atom. The number of sulfonamides is 1. The summed E-state index contributed by atoms with van der Waals surface area (Å²) < 4.78 is 32.5. The summed E-state index contributed by atoms with van der Waals surface area (Å²) in [7, 11) is -3.39. The first kappa shape index (κ1) is 19.2. The largest absolute Gasteiger partial charge is 0.447 e. The van der Waals surface area contributed by atoms with Gasteiger partial charge in [-0.25, -0.2) is 22.5 Å². The van der Waals surface area contributed by atoms with E-state index in [1.54, 1.807) is 24.3 Å². The van der Waals surface area contributed by atoms with Crippen LogP contribution in [-0.2, 0) is 14.8 Å². The normalized spacial score (nSPS) is 19.9. The predicted molar refractivity (Wildman–Crippen MR) is 106 cm³/mol. The first-order chi connectivity index (χ1) is 13.4. The van der Waals surface area contributed by atoms with Crippen LogP contribution in [0.5, 0.6) is 0 Å². The monoisotopic (exact) mass is 406 g/mol. The van der Waals surface area contributed by atoms with Crippen molar-refractivity contribution in [3.8, 4) is 0 Å². The molecule has 2 aliphatic rings. The van der Waals surface area contributed by atoms with Crippen LogP contribution in [0.2, 0.25) is 0 Å². The lowest BCUT2D eigenvalue weighted by Crippen LogP contribution is -2.60. The molecule has 152 valence electrons. The fraction of sp³-hybridized carbons (Fsp3) is 0.579. The maximum Gasteiger partial charge on any atom is 0.410 e. The average Bonchev–Trinajstić information content (AvgIpc) is 3.03. The molecule has 0 spiro atoms. The zero-order valence-electron chi connectivity index (χ0n) is 16.2. The molecule has 0 unspecified atom stereocenters. The number of carbonyl (C=O) groups excluding carboxylic acids is 1. The molecule has 9 heteroatoms. The molecule has 0 radical (unpaired) electrons. The van der Waals surface area contributed by atoms with Crippen LogP contribution in [0.1, 0.15) is 38.2 Å². The molecule has 2 aromatic rings. The number of nitrogens with zero attached hydrogens (tertiary/aromatic N) is 3. The third-order valence-corrected chi connectivity index (χ3v) is 7.83. The lowest BCUT2D eigenvalue weighted by Gasteiger charge is -2.41. The number of aromatic amines is 1. The van der Waals surface area contributed by atoms with E-state index in [0.29, 0.717) is 19.0 Å². The van der Waals surface area contributed by atoms with Gasteiger partial charge >= 0.3 is 6.09 Å². The molecule has 2 fully saturated rings. The minimum Gasteiger partial charge on any atom is -0.447 e. The smallest absolute Gasteiger partial charge is 0.410 e. The summed E-state index contributed by atoms with van der Waals surface area (Å²) >= 11 is 0. The maximum absolute atomic E-state index is 12.9. The summed E-state index contributed by atoms with van der Waals surface area (Å²) in [5.41, 5.74) is 2.08. The van der Waals surface area contributed by atoms with Gasteiger partial charge in [0, 0.05) is 44.0 Å². The van der Waals surface area contributed by atoms with Crippen LogP contribution in [0.15, 0.2) is 24.5 Å². The Hall–Kier alpha value is -2.13. The highest BCUT2D eigenvalue weighted by Gasteiger charge is 2.44. The first-order valence-electron chi connectivity index (χ1n) is 9.72. The molecule has 4 rings (SSSR count). The van der Waals surface area contributed by atoms with Crippen LogP contribution >= 0.6 is 0 Å². The molecule has 0 aliphatic carbocycles. The van der Waals surface area contributed by atoms with E-state index in [4.69, 9.17) is 4.74 Å². The second-order valence-corrected chi connectivity index (χ2v) is 10.0. The van der Waals surface area contributed by atoms with E-state index in [2.05, 4.69) is 16.0 Å². The number of rotatable bonds is 4. The van der Waals surface area contributed by atoms with E-state index in [0.717, 1.165) is 23.9 Å². The van der Waals surface area contributed by atoms with Gasteiger partial charge in [0.25, 0.3) is 0 Å². The summed E-state index contributed by atoms with van der Waals surface area (Å²) in [6.45, 7) is 4.99. The van der Waals surface area contributed by atoms with E-state index < -0.39 is 21.4 Å². The lowest BCUT2D eigenvalue weighted by atomic mass is 9.90. The molecule has 1 amide bonds. The SMILES string of the molecule is CC(C)OC(=O)N1CC(S(=O)(=O)N2CCC(c3c[nH]c4ncccc34)CC2)C1. The fourth-order valence-corrected chi connectivity index (χ4v) is 5.88. The predicted octanol–water partition coefficient (Wildman–Crippen LogP) is 2.30. The highest BCUT2D eigenvalue weighted by molar-refractivity contribution is 7.89. The van der Waals surface area contributed by atoms with Crippen LogP contribution in [-0.4, -0.2) is 71.2 Å². The molecule has 0 bridgehead atoms. The molecule has 2 aliphatic heterocycles. The number of ether oxygens (including phenoxy) is 1. The third-order valence-electron chi connectivity index (χ3n) is 5.60. The maximum atomic E-state index is 12.9. The number of carbonyl (C=O) groups is 1. The molecule has 2 saturated heterocycles. The Morgan fingerprint density at radius 2 is 2.00 bits per heavy atom. The number of amides is 1. The highest BCUT2D eigenvalue weighted by atomic mass is 32.2. The third kappa shape index (κ3) is 3.48. The van der Waals surface area contributed by atoms with Crippen LogP contribution in [0.4, 0.5) is 4.79 Å². The zero-order chi connectivity index (χ0) is 19.9. The van der Waals surface area contributed by atoms with E-state index in [-0.39, 0.29) is 19.2 Å². The first-order valence-corrected chi connectivity index (χ1v) is 11.2. The van der Waals surface area contributed by atoms with Crippen LogP contribution < -0.4 is 0 Å². The van der Waals surface area contributed by atoms with Gasteiger partial charge < -0.3 is 14.6 Å². The van der Waals surface area contributed by atoms with Crippen molar-refractivity contribution in [2.75, 3.05) is 26.2 Å². The minimum absolute atomic E-state index is 0.207. The van der Waals surface area contributed by atoms with Gasteiger partial charge in [-0.1, -0.05) is 0 Å². The minimum atomic E-state index is -3.39. The molecule has 0 atom stereocenters. The number of piperidine rings is 1. The van der Waals surface area contributed by atoms with Crippen molar-refractivity contribution in [3.05, 3.63) is 30.1 Å². The van der Waals surface area contributed by atoms with Gasteiger partial charge in [0.05, 0.1) is 6.10 Å². The molecular formula is C19H26N4O4S. The lowest BCUT2D eigenvalue weighted by molar-refractivity contribution is 0.0593. The van der Waals surface area contributed by atoms with Gasteiger partial charge in [0.15, 0.2) is 0 Å². The Balaban J connectivity index is 1.35. The van der Waals surface area contributed by atoms with Crippen molar-refractivity contribution in [1.82, 2.24) is 19.2 Å². The Morgan fingerprint density at radius 3 is 2.68 bits per heavy atom. The number of pyridine rings is 1.